The SMILES string of the molecule is CCC(C)Nc1cc(C)cc(COc2c(Cl)cc(CC(=O)O)cc2Cl)c1. The lowest BCUT2D eigenvalue weighted by molar-refractivity contribution is -0.136. The van der Waals surface area contributed by atoms with Crippen LogP contribution in [0.4, 0.5) is 5.69 Å². The average molecular weight is 396 g/mol. The molecular weight excluding hydrogens is 373 g/mol. The summed E-state index contributed by atoms with van der Waals surface area (Å²) in [5.41, 5.74) is 3.71. The minimum absolute atomic E-state index is 0.137. The number of benzene rings is 2. The molecule has 0 saturated carbocycles. The van der Waals surface area contributed by atoms with E-state index < -0.39 is 5.97 Å². The Hall–Kier alpha value is -1.91. The monoisotopic (exact) mass is 395 g/mol. The van der Waals surface area contributed by atoms with E-state index >= 15 is 0 Å². The van der Waals surface area contributed by atoms with Gasteiger partial charge in [-0.2, -0.15) is 0 Å². The number of rotatable bonds is 8. The number of carboxylic acids is 1. The highest BCUT2D eigenvalue weighted by molar-refractivity contribution is 6.37. The molecular formula is C20H23Cl2NO3. The number of hydrogen-bond acceptors (Lipinski definition) is 3. The highest BCUT2D eigenvalue weighted by Gasteiger charge is 2.12. The molecule has 0 heterocycles. The molecule has 2 aromatic carbocycles. The van der Waals surface area contributed by atoms with Crippen molar-refractivity contribution in [1.82, 2.24) is 0 Å². The molecule has 0 spiro atoms. The number of aryl methyl sites for hydroxylation is 1. The van der Waals surface area contributed by atoms with Crippen molar-refractivity contribution in [1.29, 1.82) is 0 Å². The molecule has 0 bridgehead atoms. The molecule has 0 radical (unpaired) electrons. The van der Waals surface area contributed by atoms with E-state index in [1.807, 2.05) is 19.1 Å². The Labute approximate surface area is 164 Å². The Morgan fingerprint density at radius 1 is 1.15 bits per heavy atom. The van der Waals surface area contributed by atoms with Gasteiger partial charge in [0.15, 0.2) is 5.75 Å². The van der Waals surface area contributed by atoms with E-state index in [0.29, 0.717) is 34.0 Å². The first kappa shape index (κ1) is 20.4. The van der Waals surface area contributed by atoms with Crippen molar-refractivity contribution in [2.75, 3.05) is 5.32 Å². The second-order valence-electron chi connectivity index (χ2n) is 6.41. The first-order valence-electron chi connectivity index (χ1n) is 8.48. The van der Waals surface area contributed by atoms with Crippen LogP contribution in [-0.2, 0) is 17.8 Å². The van der Waals surface area contributed by atoms with Gasteiger partial charge < -0.3 is 15.2 Å². The van der Waals surface area contributed by atoms with E-state index in [4.69, 9.17) is 33.0 Å². The van der Waals surface area contributed by atoms with Crippen LogP contribution in [0.3, 0.4) is 0 Å². The van der Waals surface area contributed by atoms with Gasteiger partial charge in [-0.15, -0.1) is 0 Å². The van der Waals surface area contributed by atoms with Crippen molar-refractivity contribution in [3.05, 3.63) is 57.1 Å². The first-order valence-corrected chi connectivity index (χ1v) is 9.23. The van der Waals surface area contributed by atoms with Gasteiger partial charge >= 0.3 is 5.97 Å². The first-order chi connectivity index (χ1) is 12.3. The van der Waals surface area contributed by atoms with E-state index in [1.165, 1.54) is 0 Å². The van der Waals surface area contributed by atoms with Gasteiger partial charge in [0, 0.05) is 11.7 Å². The number of nitrogens with one attached hydrogen (secondary N) is 1. The van der Waals surface area contributed by atoms with Gasteiger partial charge in [0.05, 0.1) is 16.5 Å². The number of carboxylic acid groups (broad SMARTS) is 1. The maximum absolute atomic E-state index is 10.8. The van der Waals surface area contributed by atoms with Crippen LogP contribution in [0.15, 0.2) is 30.3 Å². The number of ether oxygens (including phenoxy) is 1. The summed E-state index contributed by atoms with van der Waals surface area (Å²) in [6.07, 6.45) is 0.899. The number of hydrogen-bond donors (Lipinski definition) is 2. The summed E-state index contributed by atoms with van der Waals surface area (Å²) in [5, 5.41) is 12.9. The number of anilines is 1. The van der Waals surface area contributed by atoms with Crippen LogP contribution < -0.4 is 10.1 Å². The van der Waals surface area contributed by atoms with E-state index in [9.17, 15) is 4.79 Å². The lowest BCUT2D eigenvalue weighted by Gasteiger charge is -2.16. The van der Waals surface area contributed by atoms with Gasteiger partial charge in [0.1, 0.15) is 6.61 Å². The largest absolute Gasteiger partial charge is 0.486 e. The van der Waals surface area contributed by atoms with Crippen molar-refractivity contribution < 1.29 is 14.6 Å². The van der Waals surface area contributed by atoms with Gasteiger partial charge in [-0.25, -0.2) is 0 Å². The highest BCUT2D eigenvalue weighted by atomic mass is 35.5. The predicted octanol–water partition coefficient (Wildman–Crippen LogP) is 5.72. The molecule has 0 aliphatic heterocycles. The molecule has 4 nitrogen and oxygen atoms in total. The van der Waals surface area contributed by atoms with E-state index in [0.717, 1.165) is 23.2 Å². The topological polar surface area (TPSA) is 58.6 Å². The minimum Gasteiger partial charge on any atom is -0.486 e. The van der Waals surface area contributed by atoms with Crippen LogP contribution >= 0.6 is 23.2 Å². The summed E-state index contributed by atoms with van der Waals surface area (Å²) in [6, 6.07) is 9.71. The van der Waals surface area contributed by atoms with Crippen LogP contribution in [-0.4, -0.2) is 17.1 Å². The van der Waals surface area contributed by atoms with E-state index in [-0.39, 0.29) is 6.42 Å². The molecule has 2 aromatic rings. The van der Waals surface area contributed by atoms with Gasteiger partial charge in [0.2, 0.25) is 0 Å². The fraction of sp³-hybridized carbons (Fsp3) is 0.350. The number of aliphatic carboxylic acids is 1. The summed E-state index contributed by atoms with van der Waals surface area (Å²) >= 11 is 12.4. The molecule has 1 unspecified atom stereocenters. The predicted molar refractivity (Wildman–Crippen MR) is 107 cm³/mol. The maximum atomic E-state index is 10.8. The van der Waals surface area contributed by atoms with Gasteiger partial charge in [0.25, 0.3) is 0 Å². The molecule has 6 heteroatoms. The minimum atomic E-state index is -0.938. The summed E-state index contributed by atoms with van der Waals surface area (Å²) in [6.45, 7) is 6.62. The lowest BCUT2D eigenvalue weighted by atomic mass is 10.1. The van der Waals surface area contributed by atoms with E-state index in [2.05, 4.69) is 25.2 Å². The zero-order valence-electron chi connectivity index (χ0n) is 15.1. The van der Waals surface area contributed by atoms with Crippen LogP contribution in [0, 0.1) is 6.92 Å². The van der Waals surface area contributed by atoms with Crippen LogP contribution in [0.25, 0.3) is 0 Å². The van der Waals surface area contributed by atoms with Crippen LogP contribution in [0.5, 0.6) is 5.75 Å². The lowest BCUT2D eigenvalue weighted by Crippen LogP contribution is -2.13. The average Bonchev–Trinajstić information content (AvgIpc) is 2.52. The summed E-state index contributed by atoms with van der Waals surface area (Å²) in [5.74, 6) is -0.577. The summed E-state index contributed by atoms with van der Waals surface area (Å²) in [4.78, 5) is 10.8. The Balaban J connectivity index is 2.14. The van der Waals surface area contributed by atoms with Gasteiger partial charge in [-0.05, 0) is 61.2 Å². The van der Waals surface area contributed by atoms with Gasteiger partial charge in [-0.3, -0.25) is 4.79 Å². The molecule has 0 aliphatic rings. The molecule has 140 valence electrons. The smallest absolute Gasteiger partial charge is 0.307 e. The van der Waals surface area contributed by atoms with Gasteiger partial charge in [-0.1, -0.05) is 36.2 Å². The molecule has 0 aromatic heterocycles. The van der Waals surface area contributed by atoms with E-state index in [1.54, 1.807) is 12.1 Å². The normalized spacial score (nSPS) is 11.9. The summed E-state index contributed by atoms with van der Waals surface area (Å²) < 4.78 is 5.82. The second kappa shape index (κ2) is 9.15. The number of carbonyl (C=O) groups is 1. The molecule has 0 fully saturated rings. The van der Waals surface area contributed by atoms with Crippen molar-refractivity contribution >= 4 is 34.9 Å². The molecule has 0 amide bonds. The molecule has 2 N–H and O–H groups in total. The van der Waals surface area contributed by atoms with Crippen LogP contribution in [0.2, 0.25) is 10.0 Å². The fourth-order valence-electron chi connectivity index (χ4n) is 2.60. The molecule has 26 heavy (non-hydrogen) atoms. The van der Waals surface area contributed by atoms with Crippen LogP contribution in [0.1, 0.15) is 37.0 Å². The second-order valence-corrected chi connectivity index (χ2v) is 7.22. The standard InChI is InChI=1S/C20H23Cl2NO3/c1-4-13(3)23-16-6-12(2)5-15(7-16)11-26-20-17(21)8-14(9-18(20)22)10-19(24)25/h5-9,13,23H,4,10-11H2,1-3H3,(H,24,25). The zero-order valence-corrected chi connectivity index (χ0v) is 16.6. The Morgan fingerprint density at radius 3 is 2.38 bits per heavy atom. The third-order valence-electron chi connectivity index (χ3n) is 3.96. The third kappa shape index (κ3) is 5.82. The summed E-state index contributed by atoms with van der Waals surface area (Å²) in [7, 11) is 0. The fourth-order valence-corrected chi connectivity index (χ4v) is 3.24. The Bertz CT molecular complexity index is 770. The quantitative estimate of drug-likeness (QED) is 0.599. The number of halogens is 2. The molecule has 0 aliphatic carbocycles. The Morgan fingerprint density at radius 2 is 1.81 bits per heavy atom. The third-order valence-corrected chi connectivity index (χ3v) is 4.52. The maximum Gasteiger partial charge on any atom is 0.307 e. The molecule has 0 saturated heterocycles. The molecule has 1 atom stereocenters. The highest BCUT2D eigenvalue weighted by Crippen LogP contribution is 2.35. The zero-order chi connectivity index (χ0) is 19.3. The van der Waals surface area contributed by atoms with Crippen molar-refractivity contribution in [2.24, 2.45) is 0 Å². The van der Waals surface area contributed by atoms with Crippen molar-refractivity contribution in [3.63, 3.8) is 0 Å². The molecule has 2 rings (SSSR count). The van der Waals surface area contributed by atoms with Crippen molar-refractivity contribution in [3.8, 4) is 5.75 Å². The van der Waals surface area contributed by atoms with Crippen molar-refractivity contribution in [2.45, 2.75) is 46.3 Å². The Kier molecular flexibility index (Phi) is 7.18.